The Labute approximate surface area is 115 Å². The number of aliphatic imine (C=N–C) groups is 1. The lowest BCUT2D eigenvalue weighted by Crippen LogP contribution is -1.95. The van der Waals surface area contributed by atoms with Gasteiger partial charge in [-0.3, -0.25) is 0 Å². The van der Waals surface area contributed by atoms with E-state index in [-0.39, 0.29) is 5.16 Å². The summed E-state index contributed by atoms with van der Waals surface area (Å²) in [6.45, 7) is 3.54. The summed E-state index contributed by atoms with van der Waals surface area (Å²) >= 11 is 11.1. The minimum Gasteiger partial charge on any atom is -0.349 e. The first-order valence-electron chi connectivity index (χ1n) is 4.86. The van der Waals surface area contributed by atoms with Crippen LogP contribution in [0.3, 0.4) is 0 Å². The number of rotatable bonds is 4. The minimum absolute atomic E-state index is 0.206. The molecule has 3 nitrogen and oxygen atoms in total. The Bertz CT molecular complexity index is 559. The summed E-state index contributed by atoms with van der Waals surface area (Å²) in [7, 11) is 0. The van der Waals surface area contributed by atoms with Crippen LogP contribution >= 0.6 is 23.2 Å². The van der Waals surface area contributed by atoms with Crippen molar-refractivity contribution < 1.29 is 0 Å². The first-order valence-corrected chi connectivity index (χ1v) is 5.68. The molecule has 1 N–H and O–H groups in total. The highest BCUT2D eigenvalue weighted by atomic mass is 35.5. The van der Waals surface area contributed by atoms with Gasteiger partial charge in [0.05, 0.1) is 23.0 Å². The number of nitrogens with zero attached hydrogens (tertiary/aromatic N) is 2. The molecule has 18 heavy (non-hydrogen) atoms. The zero-order chi connectivity index (χ0) is 13.4. The normalized spacial score (nSPS) is 10.8. The molecule has 0 saturated heterocycles. The van der Waals surface area contributed by atoms with Crippen LogP contribution in [0.5, 0.6) is 0 Å². The van der Waals surface area contributed by atoms with Crippen molar-refractivity contribution in [1.82, 2.24) is 0 Å². The van der Waals surface area contributed by atoms with Crippen LogP contribution in [0.4, 0.5) is 5.69 Å². The topological polar surface area (TPSA) is 48.2 Å². The molecule has 0 aliphatic heterocycles. The fraction of sp³-hybridized carbons (Fsp3) is 0. The summed E-state index contributed by atoms with van der Waals surface area (Å²) in [6.07, 6.45) is 1.53. The summed E-state index contributed by atoms with van der Waals surface area (Å²) in [5.41, 5.74) is 5.68. The Morgan fingerprint density at radius 1 is 1.39 bits per heavy atom. The molecule has 0 spiro atoms. The molecule has 0 heterocycles. The Balaban J connectivity index is 2.85. The van der Waals surface area contributed by atoms with Gasteiger partial charge in [-0.15, -0.1) is 5.73 Å². The van der Waals surface area contributed by atoms with Crippen LogP contribution in [0.15, 0.2) is 58.5 Å². The van der Waals surface area contributed by atoms with Gasteiger partial charge in [-0.05, 0) is 24.3 Å². The average molecular weight is 278 g/mol. The lowest BCUT2D eigenvalue weighted by atomic mass is 10.2. The number of hydrogen-bond donors (Lipinski definition) is 1. The molecule has 5 heteroatoms. The maximum Gasteiger partial charge on any atom is 0.132 e. The van der Waals surface area contributed by atoms with E-state index in [1.807, 2.05) is 6.07 Å². The van der Waals surface area contributed by atoms with Crippen molar-refractivity contribution in [3.05, 3.63) is 59.1 Å². The van der Waals surface area contributed by atoms with E-state index in [1.165, 1.54) is 6.08 Å². The molecule has 0 aromatic heterocycles. The number of allylic oxidation sites excluding steroid dienone is 1. The summed E-state index contributed by atoms with van der Waals surface area (Å²) in [5.74, 6) is 0. The van der Waals surface area contributed by atoms with Gasteiger partial charge in [-0.25, -0.2) is 4.99 Å². The Morgan fingerprint density at radius 3 is 2.56 bits per heavy atom. The van der Waals surface area contributed by atoms with Crippen LogP contribution in [0, 0.1) is 11.3 Å². The third-order valence-electron chi connectivity index (χ3n) is 1.92. The van der Waals surface area contributed by atoms with Gasteiger partial charge in [-0.2, -0.15) is 5.26 Å². The predicted octanol–water partition coefficient (Wildman–Crippen LogP) is 3.99. The van der Waals surface area contributed by atoms with Crippen molar-refractivity contribution in [1.29, 1.82) is 5.26 Å². The van der Waals surface area contributed by atoms with Crippen molar-refractivity contribution in [2.75, 3.05) is 5.32 Å². The molecule has 0 fully saturated rings. The third kappa shape index (κ3) is 4.48. The second-order valence-electron chi connectivity index (χ2n) is 3.10. The molecule has 0 radical (unpaired) electrons. The molecule has 0 amide bonds. The maximum atomic E-state index is 8.68. The highest BCUT2D eigenvalue weighted by Crippen LogP contribution is 2.14. The lowest BCUT2D eigenvalue weighted by Gasteiger charge is -2.05. The van der Waals surface area contributed by atoms with Crippen LogP contribution in [0.1, 0.15) is 5.56 Å². The number of halogens is 2. The highest BCUT2D eigenvalue weighted by Gasteiger charge is 1.97. The average Bonchev–Trinajstić information content (AvgIpc) is 2.39. The van der Waals surface area contributed by atoms with Gasteiger partial charge < -0.3 is 5.32 Å². The summed E-state index contributed by atoms with van der Waals surface area (Å²) in [5, 5.41) is 11.9. The lowest BCUT2D eigenvalue weighted by molar-refractivity contribution is 1.43. The van der Waals surface area contributed by atoms with Gasteiger partial charge in [0.1, 0.15) is 5.16 Å². The second-order valence-corrected chi connectivity index (χ2v) is 3.68. The standard InChI is InChI=1S/C13H9Cl2N3/c1-2-11(7-13(15)17-9-14)18-12-5-3-10(8-16)4-6-12/h3-7,9,18H,1H2/b13-7-,17-9?. The smallest absolute Gasteiger partial charge is 0.132 e. The molecule has 90 valence electrons. The van der Waals surface area contributed by atoms with Crippen LogP contribution in [-0.2, 0) is 0 Å². The molecule has 0 atom stereocenters. The van der Waals surface area contributed by atoms with E-state index in [9.17, 15) is 0 Å². The van der Waals surface area contributed by atoms with Crippen molar-refractivity contribution in [3.63, 3.8) is 0 Å². The molecule has 0 bridgehead atoms. The zero-order valence-corrected chi connectivity index (χ0v) is 10.8. The van der Waals surface area contributed by atoms with E-state index in [4.69, 9.17) is 28.5 Å². The van der Waals surface area contributed by atoms with Crippen molar-refractivity contribution >= 4 is 34.6 Å². The molecule has 1 aromatic carbocycles. The van der Waals surface area contributed by atoms with Gasteiger partial charge in [0.25, 0.3) is 0 Å². The van der Waals surface area contributed by atoms with Gasteiger partial charge in [-0.1, -0.05) is 29.8 Å². The molecule has 0 saturated carbocycles. The molecule has 0 aliphatic rings. The molecule has 1 aromatic rings. The summed E-state index contributed by atoms with van der Waals surface area (Å²) in [6, 6.07) is 8.97. The fourth-order valence-electron chi connectivity index (χ4n) is 1.12. The first-order chi connectivity index (χ1) is 8.69. The van der Waals surface area contributed by atoms with E-state index >= 15 is 0 Å². The van der Waals surface area contributed by atoms with E-state index in [0.29, 0.717) is 11.3 Å². The largest absolute Gasteiger partial charge is 0.349 e. The first kappa shape index (κ1) is 14.1. The van der Waals surface area contributed by atoms with Gasteiger partial charge >= 0.3 is 0 Å². The number of benzene rings is 1. The van der Waals surface area contributed by atoms with Crippen LogP contribution in [0.25, 0.3) is 0 Å². The number of nitriles is 1. The maximum absolute atomic E-state index is 8.68. The molecular formula is C13H9Cl2N3. The Morgan fingerprint density at radius 2 is 2.06 bits per heavy atom. The van der Waals surface area contributed by atoms with Crippen molar-refractivity contribution in [3.8, 4) is 6.07 Å². The minimum atomic E-state index is 0.206. The van der Waals surface area contributed by atoms with Gasteiger partial charge in [0, 0.05) is 11.8 Å². The molecule has 0 unspecified atom stereocenters. The van der Waals surface area contributed by atoms with Gasteiger partial charge in [0.2, 0.25) is 0 Å². The predicted molar refractivity (Wildman–Crippen MR) is 75.7 cm³/mol. The molecular weight excluding hydrogens is 269 g/mol. The van der Waals surface area contributed by atoms with Crippen LogP contribution < -0.4 is 5.32 Å². The van der Waals surface area contributed by atoms with E-state index in [0.717, 1.165) is 11.4 Å². The Kier molecular flexibility index (Phi) is 5.76. The molecule has 0 aliphatic carbocycles. The Hall–Kier alpha value is -1.98. The SMILES string of the molecule is C=C=C(/C=C(/Cl)N=CCl)Nc1ccc(C#N)cc1. The van der Waals surface area contributed by atoms with Crippen LogP contribution in [-0.4, -0.2) is 5.67 Å². The van der Waals surface area contributed by atoms with E-state index in [2.05, 4.69) is 22.6 Å². The number of anilines is 1. The molecule has 1 rings (SSSR count). The fourth-order valence-corrected chi connectivity index (χ4v) is 1.43. The monoisotopic (exact) mass is 277 g/mol. The summed E-state index contributed by atoms with van der Waals surface area (Å²) in [4.78, 5) is 3.68. The zero-order valence-electron chi connectivity index (χ0n) is 9.32. The van der Waals surface area contributed by atoms with Crippen LogP contribution in [0.2, 0.25) is 0 Å². The van der Waals surface area contributed by atoms with Crippen molar-refractivity contribution in [2.24, 2.45) is 4.99 Å². The number of hydrogen-bond acceptors (Lipinski definition) is 3. The highest BCUT2D eigenvalue weighted by molar-refractivity contribution is 6.56. The quantitative estimate of drug-likeness (QED) is 0.392. The second kappa shape index (κ2) is 7.37. The van der Waals surface area contributed by atoms with E-state index in [1.54, 1.807) is 24.3 Å². The van der Waals surface area contributed by atoms with E-state index < -0.39 is 0 Å². The van der Waals surface area contributed by atoms with Gasteiger partial charge in [0.15, 0.2) is 0 Å². The summed E-state index contributed by atoms with van der Waals surface area (Å²) < 4.78 is 0. The number of nitrogens with one attached hydrogen (secondary N) is 1. The van der Waals surface area contributed by atoms with Crippen molar-refractivity contribution in [2.45, 2.75) is 0 Å². The third-order valence-corrected chi connectivity index (χ3v) is 2.22.